The Hall–Kier alpha value is -1.06. The van der Waals surface area contributed by atoms with E-state index >= 15 is 0 Å². The third-order valence-electron chi connectivity index (χ3n) is 3.97. The number of rotatable bonds is 3. The average Bonchev–Trinajstić information content (AvgIpc) is 2.32. The lowest BCUT2D eigenvalue weighted by molar-refractivity contribution is -0.0619. The first-order valence-corrected chi connectivity index (χ1v) is 6.69. The summed E-state index contributed by atoms with van der Waals surface area (Å²) in [6.45, 7) is 0.881. The van der Waals surface area contributed by atoms with E-state index in [2.05, 4.69) is 4.90 Å². The molecule has 3 nitrogen and oxygen atoms in total. The van der Waals surface area contributed by atoms with E-state index in [0.29, 0.717) is 0 Å². The van der Waals surface area contributed by atoms with Gasteiger partial charge in [-0.25, -0.2) is 0 Å². The fourth-order valence-corrected chi connectivity index (χ4v) is 3.07. The normalized spacial score (nSPS) is 27.1. The quantitative estimate of drug-likeness (QED) is 0.883. The van der Waals surface area contributed by atoms with E-state index in [4.69, 9.17) is 0 Å². The van der Waals surface area contributed by atoms with Crippen molar-refractivity contribution < 1.29 is 10.2 Å². The summed E-state index contributed by atoms with van der Waals surface area (Å²) in [5.74, 6) is 0.471. The molecule has 2 atom stereocenters. The van der Waals surface area contributed by atoms with E-state index in [-0.39, 0.29) is 19.1 Å². The van der Waals surface area contributed by atoms with Crippen molar-refractivity contribution in [2.45, 2.75) is 38.7 Å². The summed E-state index contributed by atoms with van der Waals surface area (Å²) < 4.78 is 0. The third kappa shape index (κ3) is 3.48. The van der Waals surface area contributed by atoms with Crippen LogP contribution in [0.4, 0.5) is 0 Å². The Labute approximate surface area is 116 Å². The summed E-state index contributed by atoms with van der Waals surface area (Å²) in [6.07, 6.45) is 4.06. The summed E-state index contributed by atoms with van der Waals surface area (Å²) >= 11 is 0. The fourth-order valence-electron chi connectivity index (χ4n) is 3.07. The average molecular weight is 265 g/mol. The van der Waals surface area contributed by atoms with Crippen molar-refractivity contribution in [1.82, 2.24) is 4.90 Å². The van der Waals surface area contributed by atoms with Crippen LogP contribution in [0.25, 0.3) is 0 Å². The van der Waals surface area contributed by atoms with Crippen molar-refractivity contribution in [2.75, 3.05) is 20.6 Å². The molecule has 108 valence electrons. The van der Waals surface area contributed by atoms with Crippen molar-refractivity contribution >= 4 is 0 Å². The van der Waals surface area contributed by atoms with E-state index in [9.17, 15) is 10.2 Å². The van der Waals surface area contributed by atoms with Gasteiger partial charge in [0.1, 0.15) is 5.75 Å². The molecule has 1 saturated carbocycles. The van der Waals surface area contributed by atoms with E-state index in [1.54, 1.807) is 12.1 Å². The van der Waals surface area contributed by atoms with Gasteiger partial charge in [-0.05, 0) is 44.6 Å². The van der Waals surface area contributed by atoms with Crippen LogP contribution in [-0.2, 0) is 5.60 Å². The summed E-state index contributed by atoms with van der Waals surface area (Å²) in [7, 11) is 4.08. The molecule has 3 heteroatoms. The molecule has 0 aromatic heterocycles. The standard InChI is InChI=1S/C15H23NO2.CH4/c1-16(2)11-13-6-3-4-9-15(13,18)12-7-5-8-14(17)10-12;/h5,7-8,10,13,17-18H,3-4,6,9,11H2,1-2H3;1H4. The van der Waals surface area contributed by atoms with Gasteiger partial charge in [0, 0.05) is 12.5 Å². The summed E-state index contributed by atoms with van der Waals surface area (Å²) in [5.41, 5.74) is 0.0652. The minimum Gasteiger partial charge on any atom is -0.508 e. The van der Waals surface area contributed by atoms with Crippen LogP contribution in [0.5, 0.6) is 5.75 Å². The minimum absolute atomic E-state index is 0. The van der Waals surface area contributed by atoms with Crippen LogP contribution in [0.3, 0.4) is 0 Å². The molecule has 2 rings (SSSR count). The van der Waals surface area contributed by atoms with E-state index in [0.717, 1.165) is 31.4 Å². The second kappa shape index (κ2) is 6.40. The first-order chi connectivity index (χ1) is 8.52. The van der Waals surface area contributed by atoms with E-state index in [1.165, 1.54) is 6.42 Å². The highest BCUT2D eigenvalue weighted by Gasteiger charge is 2.40. The molecule has 0 bridgehead atoms. The Kier molecular flexibility index (Phi) is 5.39. The summed E-state index contributed by atoms with van der Waals surface area (Å²) in [5, 5.41) is 20.6. The SMILES string of the molecule is C.CN(C)CC1CCCCC1(O)c1cccc(O)c1. The van der Waals surface area contributed by atoms with Gasteiger partial charge in [-0.3, -0.25) is 0 Å². The maximum Gasteiger partial charge on any atom is 0.115 e. The minimum atomic E-state index is -0.790. The highest BCUT2D eigenvalue weighted by molar-refractivity contribution is 5.32. The molecule has 2 unspecified atom stereocenters. The van der Waals surface area contributed by atoms with Gasteiger partial charge < -0.3 is 15.1 Å². The largest absolute Gasteiger partial charge is 0.508 e. The van der Waals surface area contributed by atoms with Gasteiger partial charge in [-0.1, -0.05) is 32.4 Å². The number of aromatic hydroxyl groups is 1. The third-order valence-corrected chi connectivity index (χ3v) is 3.97. The number of nitrogens with zero attached hydrogens (tertiary/aromatic N) is 1. The number of phenolic OH excluding ortho intramolecular Hbond substituents is 1. The van der Waals surface area contributed by atoms with Gasteiger partial charge in [0.2, 0.25) is 0 Å². The van der Waals surface area contributed by atoms with Crippen LogP contribution >= 0.6 is 0 Å². The molecule has 0 heterocycles. The Morgan fingerprint density at radius 2 is 2.05 bits per heavy atom. The number of benzene rings is 1. The molecule has 2 N–H and O–H groups in total. The Morgan fingerprint density at radius 1 is 1.32 bits per heavy atom. The number of aliphatic hydroxyl groups is 1. The highest BCUT2D eigenvalue weighted by Crippen LogP contribution is 2.42. The van der Waals surface area contributed by atoms with Gasteiger partial charge in [-0.2, -0.15) is 0 Å². The van der Waals surface area contributed by atoms with Crippen LogP contribution in [0, 0.1) is 5.92 Å². The van der Waals surface area contributed by atoms with Crippen molar-refractivity contribution in [2.24, 2.45) is 5.92 Å². The molecule has 1 aliphatic rings. The molecule has 1 aromatic carbocycles. The van der Waals surface area contributed by atoms with E-state index in [1.807, 2.05) is 26.2 Å². The molecule has 1 fully saturated rings. The molecular weight excluding hydrogens is 238 g/mol. The number of hydrogen-bond acceptors (Lipinski definition) is 3. The Morgan fingerprint density at radius 3 is 2.68 bits per heavy atom. The molecule has 1 aromatic rings. The van der Waals surface area contributed by atoms with Crippen molar-refractivity contribution in [3.63, 3.8) is 0 Å². The van der Waals surface area contributed by atoms with Crippen molar-refractivity contribution in [3.05, 3.63) is 29.8 Å². The van der Waals surface area contributed by atoms with Crippen LogP contribution in [0.15, 0.2) is 24.3 Å². The lowest BCUT2D eigenvalue weighted by Crippen LogP contribution is -2.43. The molecule has 0 amide bonds. The molecule has 0 spiro atoms. The monoisotopic (exact) mass is 265 g/mol. The molecule has 19 heavy (non-hydrogen) atoms. The Bertz CT molecular complexity index is 405. The van der Waals surface area contributed by atoms with E-state index < -0.39 is 5.60 Å². The highest BCUT2D eigenvalue weighted by atomic mass is 16.3. The van der Waals surface area contributed by atoms with Crippen LogP contribution in [0.2, 0.25) is 0 Å². The van der Waals surface area contributed by atoms with Gasteiger partial charge >= 0.3 is 0 Å². The number of hydrogen-bond donors (Lipinski definition) is 2. The summed E-state index contributed by atoms with van der Waals surface area (Å²) in [6, 6.07) is 7.09. The molecule has 0 radical (unpaired) electrons. The van der Waals surface area contributed by atoms with Crippen LogP contribution < -0.4 is 0 Å². The smallest absolute Gasteiger partial charge is 0.115 e. The van der Waals surface area contributed by atoms with Gasteiger partial charge in [-0.15, -0.1) is 0 Å². The van der Waals surface area contributed by atoms with Crippen molar-refractivity contribution in [1.29, 1.82) is 0 Å². The zero-order chi connectivity index (χ0) is 13.2. The predicted octanol–water partition coefficient (Wildman–Crippen LogP) is 2.97. The van der Waals surface area contributed by atoms with Gasteiger partial charge in [0.05, 0.1) is 5.60 Å². The zero-order valence-corrected chi connectivity index (χ0v) is 11.3. The van der Waals surface area contributed by atoms with Gasteiger partial charge in [0.25, 0.3) is 0 Å². The first-order valence-electron chi connectivity index (χ1n) is 6.69. The maximum atomic E-state index is 11.0. The Balaban J connectivity index is 0.00000180. The lowest BCUT2D eigenvalue weighted by atomic mass is 9.71. The molecule has 0 aliphatic heterocycles. The molecule has 0 saturated heterocycles. The van der Waals surface area contributed by atoms with Crippen LogP contribution in [0.1, 0.15) is 38.7 Å². The first kappa shape index (κ1) is 16.0. The summed E-state index contributed by atoms with van der Waals surface area (Å²) in [4.78, 5) is 2.13. The second-order valence-electron chi connectivity index (χ2n) is 5.68. The fraction of sp³-hybridized carbons (Fsp3) is 0.625. The molecule has 1 aliphatic carbocycles. The van der Waals surface area contributed by atoms with Gasteiger partial charge in [0.15, 0.2) is 0 Å². The van der Waals surface area contributed by atoms with Crippen LogP contribution in [-0.4, -0.2) is 35.8 Å². The topological polar surface area (TPSA) is 43.7 Å². The number of phenols is 1. The second-order valence-corrected chi connectivity index (χ2v) is 5.68. The zero-order valence-electron chi connectivity index (χ0n) is 11.3. The lowest BCUT2D eigenvalue weighted by Gasteiger charge is -2.41. The van der Waals surface area contributed by atoms with Crippen molar-refractivity contribution in [3.8, 4) is 5.75 Å². The molecular formula is C16H27NO2. The predicted molar refractivity (Wildman–Crippen MR) is 79.2 cm³/mol. The maximum absolute atomic E-state index is 11.0.